The van der Waals surface area contributed by atoms with Gasteiger partial charge in [0.2, 0.25) is 0 Å². The van der Waals surface area contributed by atoms with Gasteiger partial charge in [-0.15, -0.1) is 11.3 Å². The number of hydrogen-bond donors (Lipinski definition) is 2. The summed E-state index contributed by atoms with van der Waals surface area (Å²) in [6.45, 7) is 2.73. The molecule has 0 radical (unpaired) electrons. The normalized spacial score (nSPS) is 16.9. The second-order valence-corrected chi connectivity index (χ2v) is 7.94. The molecular formula is C18H20ClN5O2S. The van der Waals surface area contributed by atoms with E-state index in [1.807, 2.05) is 5.38 Å². The Morgan fingerprint density at radius 2 is 1.96 bits per heavy atom. The van der Waals surface area contributed by atoms with Crippen molar-refractivity contribution in [1.82, 2.24) is 15.2 Å². The zero-order chi connectivity index (χ0) is 18.8. The van der Waals surface area contributed by atoms with E-state index in [9.17, 15) is 9.59 Å². The Bertz CT molecular complexity index is 832. The van der Waals surface area contributed by atoms with Crippen LogP contribution in [0.5, 0.6) is 0 Å². The minimum atomic E-state index is -0.198. The van der Waals surface area contributed by atoms with Gasteiger partial charge in [-0.1, -0.05) is 11.6 Å². The number of urea groups is 1. The van der Waals surface area contributed by atoms with Gasteiger partial charge in [-0.05, 0) is 31.0 Å². The maximum absolute atomic E-state index is 12.6. The fourth-order valence-corrected chi connectivity index (χ4v) is 3.84. The van der Waals surface area contributed by atoms with Gasteiger partial charge in [0.15, 0.2) is 5.13 Å². The van der Waals surface area contributed by atoms with E-state index in [1.54, 1.807) is 40.6 Å². The molecule has 27 heavy (non-hydrogen) atoms. The predicted octanol–water partition coefficient (Wildman–Crippen LogP) is 3.04. The number of aromatic nitrogens is 1. The third kappa shape index (κ3) is 4.33. The van der Waals surface area contributed by atoms with Gasteiger partial charge in [0.1, 0.15) is 0 Å². The first kappa shape index (κ1) is 18.1. The van der Waals surface area contributed by atoms with E-state index >= 15 is 0 Å². The summed E-state index contributed by atoms with van der Waals surface area (Å²) in [5.74, 6) is -0.198. The van der Waals surface area contributed by atoms with E-state index in [1.165, 1.54) is 0 Å². The molecule has 7 nitrogen and oxygen atoms in total. The average molecular weight is 406 g/mol. The molecule has 1 aliphatic carbocycles. The maximum atomic E-state index is 12.6. The van der Waals surface area contributed by atoms with Crippen LogP contribution < -0.4 is 15.5 Å². The van der Waals surface area contributed by atoms with Crippen LogP contribution in [0, 0.1) is 0 Å². The van der Waals surface area contributed by atoms with Crippen molar-refractivity contribution >= 4 is 45.7 Å². The highest BCUT2D eigenvalue weighted by Gasteiger charge is 2.25. The maximum Gasteiger partial charge on any atom is 0.321 e. The summed E-state index contributed by atoms with van der Waals surface area (Å²) in [5.41, 5.74) is 0.947. The Hall–Kier alpha value is -2.32. The smallest absolute Gasteiger partial charge is 0.321 e. The number of halogens is 1. The Morgan fingerprint density at radius 3 is 2.63 bits per heavy atom. The van der Waals surface area contributed by atoms with E-state index in [2.05, 4.69) is 20.5 Å². The zero-order valence-electron chi connectivity index (χ0n) is 14.7. The zero-order valence-corrected chi connectivity index (χ0v) is 16.2. The topological polar surface area (TPSA) is 77.6 Å². The number of nitrogens with zero attached hydrogens (tertiary/aromatic N) is 3. The van der Waals surface area contributed by atoms with E-state index in [0.717, 1.165) is 31.1 Å². The van der Waals surface area contributed by atoms with E-state index < -0.39 is 0 Å². The van der Waals surface area contributed by atoms with Crippen molar-refractivity contribution in [3.8, 4) is 0 Å². The summed E-state index contributed by atoms with van der Waals surface area (Å²) >= 11 is 7.75. The van der Waals surface area contributed by atoms with Gasteiger partial charge in [0, 0.05) is 49.5 Å². The Labute approximate surface area is 166 Å². The number of hydrogen-bond acceptors (Lipinski definition) is 5. The molecular weight excluding hydrogens is 386 g/mol. The van der Waals surface area contributed by atoms with Crippen LogP contribution in [0.15, 0.2) is 29.8 Å². The van der Waals surface area contributed by atoms with Crippen LogP contribution in [0.4, 0.5) is 15.6 Å². The van der Waals surface area contributed by atoms with E-state index in [4.69, 9.17) is 11.6 Å². The monoisotopic (exact) mass is 405 g/mol. The van der Waals surface area contributed by atoms with Gasteiger partial charge in [0.05, 0.1) is 10.6 Å². The lowest BCUT2D eigenvalue weighted by Gasteiger charge is -2.34. The number of carbonyl (C=O) groups is 2. The van der Waals surface area contributed by atoms with Crippen molar-refractivity contribution in [3.63, 3.8) is 0 Å². The van der Waals surface area contributed by atoms with Crippen molar-refractivity contribution in [3.05, 3.63) is 40.4 Å². The molecule has 0 spiro atoms. The van der Waals surface area contributed by atoms with Crippen LogP contribution in [-0.4, -0.2) is 54.0 Å². The second kappa shape index (κ2) is 7.74. The minimum absolute atomic E-state index is 0.176. The van der Waals surface area contributed by atoms with Gasteiger partial charge in [-0.3, -0.25) is 4.79 Å². The molecule has 2 aromatic rings. The largest absolute Gasteiger partial charge is 0.349 e. The van der Waals surface area contributed by atoms with E-state index in [-0.39, 0.29) is 18.0 Å². The molecule has 3 amide bonds. The molecule has 2 fully saturated rings. The number of benzene rings is 1. The molecule has 0 bridgehead atoms. The summed E-state index contributed by atoms with van der Waals surface area (Å²) in [7, 11) is 0. The first-order valence-electron chi connectivity index (χ1n) is 8.91. The van der Waals surface area contributed by atoms with Crippen LogP contribution in [-0.2, 0) is 0 Å². The predicted molar refractivity (Wildman–Crippen MR) is 107 cm³/mol. The lowest BCUT2D eigenvalue weighted by Crippen LogP contribution is -2.50. The van der Waals surface area contributed by atoms with Crippen LogP contribution in [0.2, 0.25) is 5.02 Å². The van der Waals surface area contributed by atoms with Crippen LogP contribution in [0.25, 0.3) is 0 Å². The van der Waals surface area contributed by atoms with E-state index in [0.29, 0.717) is 29.4 Å². The Balaban J connectivity index is 1.36. The number of nitrogens with one attached hydrogen (secondary N) is 2. The standard InChI is InChI=1S/C18H20ClN5O2S/c19-15-4-3-13(11-14(15)16(25)21-12-1-2-12)22-17(26)23-6-8-24(9-7-23)18-20-5-10-27-18/h3-5,10-12H,1-2,6-9H2,(H,21,25)(H,22,26). The lowest BCUT2D eigenvalue weighted by atomic mass is 10.2. The van der Waals surface area contributed by atoms with Crippen LogP contribution in [0.3, 0.4) is 0 Å². The van der Waals surface area contributed by atoms with Crippen LogP contribution in [0.1, 0.15) is 23.2 Å². The number of thiazole rings is 1. The molecule has 0 unspecified atom stereocenters. The number of carbonyl (C=O) groups excluding carboxylic acids is 2. The second-order valence-electron chi connectivity index (χ2n) is 6.66. The number of rotatable bonds is 4. The van der Waals surface area contributed by atoms with Gasteiger partial charge in [-0.25, -0.2) is 9.78 Å². The van der Waals surface area contributed by atoms with Crippen LogP contribution >= 0.6 is 22.9 Å². The number of anilines is 2. The molecule has 1 aromatic carbocycles. The summed E-state index contributed by atoms with van der Waals surface area (Å²) in [5, 5.41) is 9.10. The van der Waals surface area contributed by atoms with Gasteiger partial charge < -0.3 is 20.4 Å². The SMILES string of the molecule is O=C(NC1CC1)c1cc(NC(=O)N2CCN(c3nccs3)CC2)ccc1Cl. The molecule has 0 atom stereocenters. The highest BCUT2D eigenvalue weighted by molar-refractivity contribution is 7.13. The van der Waals surface area contributed by atoms with Crippen molar-refractivity contribution in [2.75, 3.05) is 36.4 Å². The summed E-state index contributed by atoms with van der Waals surface area (Å²) < 4.78 is 0. The Kier molecular flexibility index (Phi) is 5.18. The minimum Gasteiger partial charge on any atom is -0.349 e. The fourth-order valence-electron chi connectivity index (χ4n) is 2.94. The molecule has 1 saturated carbocycles. The number of amides is 3. The molecule has 1 aliphatic heterocycles. The van der Waals surface area contributed by atoms with Gasteiger partial charge in [0.25, 0.3) is 5.91 Å². The van der Waals surface area contributed by atoms with Gasteiger partial charge >= 0.3 is 6.03 Å². The summed E-state index contributed by atoms with van der Waals surface area (Å²) in [6, 6.07) is 5.05. The molecule has 1 saturated heterocycles. The van der Waals surface area contributed by atoms with Gasteiger partial charge in [-0.2, -0.15) is 0 Å². The molecule has 2 aliphatic rings. The average Bonchev–Trinajstić information content (AvgIpc) is 3.32. The third-order valence-corrected chi connectivity index (χ3v) is 5.79. The van der Waals surface area contributed by atoms with Crippen molar-refractivity contribution in [2.45, 2.75) is 18.9 Å². The molecule has 4 rings (SSSR count). The number of piperazine rings is 1. The molecule has 2 heterocycles. The highest BCUT2D eigenvalue weighted by atomic mass is 35.5. The fraction of sp³-hybridized carbons (Fsp3) is 0.389. The lowest BCUT2D eigenvalue weighted by molar-refractivity contribution is 0.0951. The molecule has 2 N–H and O–H groups in total. The first-order valence-corrected chi connectivity index (χ1v) is 10.2. The molecule has 9 heteroatoms. The van der Waals surface area contributed by atoms with Crippen molar-refractivity contribution in [2.24, 2.45) is 0 Å². The summed E-state index contributed by atoms with van der Waals surface area (Å²) in [6.07, 6.45) is 3.80. The quantitative estimate of drug-likeness (QED) is 0.819. The molecule has 1 aromatic heterocycles. The summed E-state index contributed by atoms with van der Waals surface area (Å²) in [4.78, 5) is 33.1. The molecule has 142 valence electrons. The third-order valence-electron chi connectivity index (χ3n) is 4.63. The van der Waals surface area contributed by atoms with Crippen molar-refractivity contribution < 1.29 is 9.59 Å². The highest BCUT2D eigenvalue weighted by Crippen LogP contribution is 2.24. The first-order chi connectivity index (χ1) is 13.1. The Morgan fingerprint density at radius 1 is 1.19 bits per heavy atom. The van der Waals surface area contributed by atoms with Crippen molar-refractivity contribution in [1.29, 1.82) is 0 Å².